The van der Waals surface area contributed by atoms with Crippen LogP contribution in [0.3, 0.4) is 0 Å². The van der Waals surface area contributed by atoms with Crippen LogP contribution >= 0.6 is 0 Å². The number of aliphatic hydroxyl groups excluding tert-OH is 2. The van der Waals surface area contributed by atoms with Gasteiger partial charge in [-0.05, 0) is 63.5 Å². The first-order valence-electron chi connectivity index (χ1n) is 21.5. The highest BCUT2D eigenvalue weighted by Crippen LogP contribution is 2.13. The number of aliphatic hydroxyl groups is 2. The lowest BCUT2D eigenvalue weighted by Gasteiger charge is -2.30. The van der Waals surface area contributed by atoms with E-state index in [2.05, 4.69) is 37.2 Å². The Labute approximate surface area is 373 Å². The van der Waals surface area contributed by atoms with Crippen molar-refractivity contribution in [3.63, 3.8) is 0 Å². The summed E-state index contributed by atoms with van der Waals surface area (Å²) in [7, 11) is 0. The zero-order valence-electron chi connectivity index (χ0n) is 37.6. The number of primary amides is 1. The van der Waals surface area contributed by atoms with E-state index in [-0.39, 0.29) is 38.1 Å². The number of benzene rings is 1. The van der Waals surface area contributed by atoms with E-state index in [0.29, 0.717) is 31.2 Å². The minimum atomic E-state index is -1.68. The van der Waals surface area contributed by atoms with Crippen molar-refractivity contribution in [2.75, 3.05) is 13.1 Å². The third-order valence-corrected chi connectivity index (χ3v) is 10.7. The van der Waals surface area contributed by atoms with Gasteiger partial charge in [-0.25, -0.2) is 4.79 Å². The van der Waals surface area contributed by atoms with Gasteiger partial charge in [0.2, 0.25) is 47.3 Å². The van der Waals surface area contributed by atoms with Crippen LogP contribution in [0.5, 0.6) is 0 Å². The van der Waals surface area contributed by atoms with Gasteiger partial charge in [0, 0.05) is 12.8 Å². The molecule has 0 bridgehead atoms. The smallest absolute Gasteiger partial charge is 0.328 e. The molecule has 11 atom stereocenters. The van der Waals surface area contributed by atoms with Crippen LogP contribution in [0, 0.1) is 11.8 Å². The first-order valence-corrected chi connectivity index (χ1v) is 21.5. The van der Waals surface area contributed by atoms with E-state index in [0.717, 1.165) is 6.92 Å². The monoisotopic (exact) mass is 907 g/mol. The molecule has 1 aromatic rings. The number of carboxylic acid groups (broad SMARTS) is 1. The van der Waals surface area contributed by atoms with Crippen LogP contribution in [-0.2, 0) is 49.6 Å². The number of hydrogen-bond donors (Lipinski definition) is 13. The van der Waals surface area contributed by atoms with Gasteiger partial charge in [0.25, 0.3) is 0 Å². The third kappa shape index (κ3) is 19.8. The lowest BCUT2D eigenvalue weighted by molar-refractivity contribution is -0.144. The number of amides is 8. The van der Waals surface area contributed by atoms with E-state index in [4.69, 9.17) is 17.2 Å². The van der Waals surface area contributed by atoms with Crippen molar-refractivity contribution in [1.29, 1.82) is 0 Å². The molecule has 1 aromatic carbocycles. The average Bonchev–Trinajstić information content (AvgIpc) is 3.25. The summed E-state index contributed by atoms with van der Waals surface area (Å²) in [6, 6.07) is -0.838. The second-order valence-corrected chi connectivity index (χ2v) is 16.0. The third-order valence-electron chi connectivity index (χ3n) is 10.7. The Morgan fingerprint density at radius 1 is 0.609 bits per heavy atom. The number of carbonyl (C=O) groups is 9. The highest BCUT2D eigenvalue weighted by molar-refractivity contribution is 5.97. The van der Waals surface area contributed by atoms with Gasteiger partial charge in [-0.1, -0.05) is 70.9 Å². The fraction of sp³-hybridized carbons (Fsp3) is 0.643. The molecule has 0 unspecified atom stereocenters. The Balaban J connectivity index is 3.36. The van der Waals surface area contributed by atoms with Crippen LogP contribution < -0.4 is 54.4 Å². The Kier molecular flexibility index (Phi) is 25.4. The molecule has 8 amide bonds. The van der Waals surface area contributed by atoms with Crippen molar-refractivity contribution in [1.82, 2.24) is 37.2 Å². The molecule has 64 heavy (non-hydrogen) atoms. The largest absolute Gasteiger partial charge is 0.480 e. The van der Waals surface area contributed by atoms with E-state index in [9.17, 15) is 58.5 Å². The van der Waals surface area contributed by atoms with Crippen molar-refractivity contribution in [2.45, 2.75) is 147 Å². The van der Waals surface area contributed by atoms with Crippen LogP contribution in [0.25, 0.3) is 0 Å². The predicted octanol–water partition coefficient (Wildman–Crippen LogP) is -3.09. The molecule has 0 fully saturated rings. The van der Waals surface area contributed by atoms with Gasteiger partial charge in [0.15, 0.2) is 6.04 Å². The molecule has 0 saturated heterocycles. The molecule has 16 N–H and O–H groups in total. The molecule has 22 heteroatoms. The standard InChI is InChI=1S/C42H70N10O12/c1-7-22(3)32(45)39(60)49-29(20-26-14-10-9-11-15-26)38(59)52-34(24(5)53)41(62)47-27(16-12-13-19-43)37(58)51-33(23(4)8-2)40(61)48-28(17-18-30(44)55)36(57)46-21-31(56)50-35(25(6)54)42(63)64/h9-11,14-15,22-25,27-29,32-35,53-54H,7-8,12-13,16-21,43,45H2,1-6H3,(H2,44,55)(H,46,57)(H,47,62)(H,48,61)(H,49,60)(H,50,56)(H,51,58)(H,52,59)(H,63,64)/t22-,23-,24+,25+,27-,28-,29-,32-,33-,34-,35-/m0/s1. The zero-order chi connectivity index (χ0) is 48.7. The number of carbonyl (C=O) groups excluding carboxylic acids is 8. The Morgan fingerprint density at radius 3 is 1.64 bits per heavy atom. The molecular formula is C42H70N10O12. The van der Waals surface area contributed by atoms with Gasteiger partial charge in [0.05, 0.1) is 24.8 Å². The minimum Gasteiger partial charge on any atom is -0.480 e. The molecule has 0 aliphatic rings. The van der Waals surface area contributed by atoms with Crippen molar-refractivity contribution >= 4 is 53.2 Å². The van der Waals surface area contributed by atoms with Crippen molar-refractivity contribution in [3.05, 3.63) is 35.9 Å². The number of nitrogens with two attached hydrogens (primary N) is 3. The zero-order valence-corrected chi connectivity index (χ0v) is 37.6. The Bertz CT molecular complexity index is 1720. The van der Waals surface area contributed by atoms with Gasteiger partial charge >= 0.3 is 5.97 Å². The molecule has 22 nitrogen and oxygen atoms in total. The maximum atomic E-state index is 14.0. The molecule has 360 valence electrons. The van der Waals surface area contributed by atoms with Crippen LogP contribution in [0.2, 0.25) is 0 Å². The maximum absolute atomic E-state index is 14.0. The van der Waals surface area contributed by atoms with Crippen LogP contribution in [-0.4, -0.2) is 136 Å². The fourth-order valence-electron chi connectivity index (χ4n) is 6.20. The van der Waals surface area contributed by atoms with Crippen molar-refractivity contribution in [3.8, 4) is 0 Å². The number of aliphatic carboxylic acids is 1. The van der Waals surface area contributed by atoms with Crippen LogP contribution in [0.4, 0.5) is 0 Å². The molecule has 0 aromatic heterocycles. The highest BCUT2D eigenvalue weighted by atomic mass is 16.4. The minimum absolute atomic E-state index is 0.00772. The summed E-state index contributed by atoms with van der Waals surface area (Å²) in [6.45, 7) is 8.89. The molecule has 0 spiro atoms. The summed E-state index contributed by atoms with van der Waals surface area (Å²) in [5.74, 6) is -9.15. The summed E-state index contributed by atoms with van der Waals surface area (Å²) in [6.07, 6.45) is -1.96. The van der Waals surface area contributed by atoms with Crippen molar-refractivity contribution < 1.29 is 58.5 Å². The number of unbranched alkanes of at least 4 members (excludes halogenated alkanes) is 1. The van der Waals surface area contributed by atoms with E-state index in [1.54, 1.807) is 51.1 Å². The van der Waals surface area contributed by atoms with E-state index in [1.807, 2.05) is 6.92 Å². The molecule has 0 aliphatic heterocycles. The average molecular weight is 907 g/mol. The SMILES string of the molecule is CC[C@H](C)[C@H](N)C(=O)N[C@@H](Cc1ccccc1)C(=O)N[C@H](C(=O)N[C@@H](CCCCN)C(=O)N[C@H](C(=O)N[C@@H](CCC(N)=O)C(=O)NCC(=O)N[C@H](C(=O)O)[C@@H](C)O)[C@@H](C)CC)[C@@H](C)O. The lowest BCUT2D eigenvalue weighted by atomic mass is 9.96. The van der Waals surface area contributed by atoms with Gasteiger partial charge in [-0.2, -0.15) is 0 Å². The second-order valence-electron chi connectivity index (χ2n) is 16.0. The summed E-state index contributed by atoms with van der Waals surface area (Å²) < 4.78 is 0. The molecule has 0 heterocycles. The quantitative estimate of drug-likeness (QED) is 0.0341. The highest BCUT2D eigenvalue weighted by Gasteiger charge is 2.36. The molecule has 0 radical (unpaired) electrons. The van der Waals surface area contributed by atoms with Gasteiger partial charge in [-0.15, -0.1) is 0 Å². The molecule has 1 rings (SSSR count). The number of nitrogens with one attached hydrogen (secondary N) is 7. The van der Waals surface area contributed by atoms with Gasteiger partial charge < -0.3 is 69.7 Å². The second kappa shape index (κ2) is 28.9. The van der Waals surface area contributed by atoms with Gasteiger partial charge in [-0.3, -0.25) is 38.4 Å². The van der Waals surface area contributed by atoms with E-state index < -0.39 is 120 Å². The first-order chi connectivity index (χ1) is 30.1. The Morgan fingerprint density at radius 2 is 1.12 bits per heavy atom. The predicted molar refractivity (Wildman–Crippen MR) is 234 cm³/mol. The van der Waals surface area contributed by atoms with Crippen molar-refractivity contribution in [2.24, 2.45) is 29.0 Å². The van der Waals surface area contributed by atoms with Gasteiger partial charge in [0.1, 0.15) is 30.2 Å². The molecule has 0 aliphatic carbocycles. The van der Waals surface area contributed by atoms with Crippen LogP contribution in [0.1, 0.15) is 92.1 Å². The maximum Gasteiger partial charge on any atom is 0.328 e. The Hall–Kier alpha value is -5.71. The summed E-state index contributed by atoms with van der Waals surface area (Å²) in [4.78, 5) is 117. The van der Waals surface area contributed by atoms with E-state index >= 15 is 0 Å². The summed E-state index contributed by atoms with van der Waals surface area (Å²) >= 11 is 0. The topological polar surface area (TPSA) is 377 Å². The fourth-order valence-corrected chi connectivity index (χ4v) is 6.20. The van der Waals surface area contributed by atoms with Crippen LogP contribution in [0.15, 0.2) is 30.3 Å². The first kappa shape index (κ1) is 56.3. The molecule has 0 saturated carbocycles. The number of rotatable bonds is 30. The number of carboxylic acids is 1. The summed E-state index contributed by atoms with van der Waals surface area (Å²) in [5, 5.41) is 46.8. The normalized spacial score (nSPS) is 16.3. The van der Waals surface area contributed by atoms with E-state index in [1.165, 1.54) is 6.92 Å². The number of hydrogen-bond acceptors (Lipinski definition) is 13. The molecular weight excluding hydrogens is 837 g/mol. The lowest BCUT2D eigenvalue weighted by Crippen LogP contribution is -2.62. The summed E-state index contributed by atoms with van der Waals surface area (Å²) in [5.41, 5.74) is 17.8.